The third-order valence-electron chi connectivity index (χ3n) is 2.07. The molecule has 0 saturated heterocycles. The number of benzene rings is 1. The van der Waals surface area contributed by atoms with E-state index in [0.29, 0.717) is 0 Å². The van der Waals surface area contributed by atoms with Gasteiger partial charge < -0.3 is 9.84 Å². The minimum absolute atomic E-state index is 0.158. The minimum atomic E-state index is -0.603. The fourth-order valence-corrected chi connectivity index (χ4v) is 1.33. The van der Waals surface area contributed by atoms with Gasteiger partial charge in [0.1, 0.15) is 0 Å². The lowest BCUT2D eigenvalue weighted by Gasteiger charge is -2.06. The van der Waals surface area contributed by atoms with Gasteiger partial charge in [0.15, 0.2) is 4.98 Å². The highest BCUT2D eigenvalue weighted by atomic mass is 16.5. The van der Waals surface area contributed by atoms with Gasteiger partial charge in [-0.05, 0) is 12.1 Å². The summed E-state index contributed by atoms with van der Waals surface area (Å²) in [4.78, 5) is 14.1. The first-order valence-electron chi connectivity index (χ1n) is 4.57. The van der Waals surface area contributed by atoms with Crippen molar-refractivity contribution in [2.45, 2.75) is 0 Å². The van der Waals surface area contributed by atoms with Crippen molar-refractivity contribution < 1.29 is 14.6 Å². The minimum Gasteiger partial charge on any atom is -0.501 e. The van der Waals surface area contributed by atoms with Crippen LogP contribution < -0.4 is 0 Å². The molecule has 0 amide bonds. The molecule has 0 aliphatic rings. The Morgan fingerprint density at radius 1 is 1.59 bits per heavy atom. The topological polar surface area (TPSA) is 74.7 Å². The number of rotatable bonds is 2. The van der Waals surface area contributed by atoms with Crippen LogP contribution >= 0.6 is 0 Å². The summed E-state index contributed by atoms with van der Waals surface area (Å²) in [6.07, 6.45) is 6.11. The predicted molar refractivity (Wildman–Crippen MR) is 61.4 cm³/mol. The molecule has 0 fully saturated rings. The van der Waals surface area contributed by atoms with Gasteiger partial charge in [-0.15, -0.1) is 6.42 Å². The van der Waals surface area contributed by atoms with Crippen LogP contribution in [0.4, 0.5) is 0 Å². The third-order valence-corrected chi connectivity index (χ3v) is 2.07. The number of diazo groups is 1. The Kier molecular flexibility index (Phi) is 3.86. The van der Waals surface area contributed by atoms with E-state index in [9.17, 15) is 9.90 Å². The maximum absolute atomic E-state index is 11.4. The summed E-state index contributed by atoms with van der Waals surface area (Å²) in [5, 5.41) is 17.9. The van der Waals surface area contributed by atoms with Crippen LogP contribution in [0.3, 0.4) is 0 Å². The van der Waals surface area contributed by atoms with E-state index in [1.54, 1.807) is 0 Å². The first-order valence-corrected chi connectivity index (χ1v) is 4.57. The summed E-state index contributed by atoms with van der Waals surface area (Å²) in [6.45, 7) is 0. The van der Waals surface area contributed by atoms with Crippen LogP contribution in [-0.4, -0.2) is 18.2 Å². The van der Waals surface area contributed by atoms with Gasteiger partial charge >= 0.3 is 12.2 Å². The van der Waals surface area contributed by atoms with Crippen molar-refractivity contribution >= 4 is 11.7 Å². The summed E-state index contributed by atoms with van der Waals surface area (Å²) in [7, 11) is 1.23. The highest BCUT2D eigenvalue weighted by Gasteiger charge is 2.17. The molecule has 0 aliphatic heterocycles. The number of carbonyl (C=O) groups excluding carboxylic acids is 1. The van der Waals surface area contributed by atoms with Crippen LogP contribution in [0.15, 0.2) is 24.4 Å². The van der Waals surface area contributed by atoms with E-state index in [4.69, 9.17) is 11.8 Å². The Balaban J connectivity index is 3.46. The highest BCUT2D eigenvalue weighted by Crippen LogP contribution is 2.21. The van der Waals surface area contributed by atoms with Crippen LogP contribution in [0.5, 0.6) is 0 Å². The standard InChI is InChI=1S/C12H8N2O3/c1-3-8-9(11(15)7-14-13)5-4-6-10(8)12(16)17-2/h1,4-7H,2H3/p+1/b11-7-. The van der Waals surface area contributed by atoms with Crippen molar-refractivity contribution in [3.8, 4) is 12.3 Å². The Morgan fingerprint density at radius 3 is 2.76 bits per heavy atom. The number of terminal acetylenes is 1. The Labute approximate surface area is 98.0 Å². The molecular weight excluding hydrogens is 220 g/mol. The predicted octanol–water partition coefficient (Wildman–Crippen LogP) is 2.16. The van der Waals surface area contributed by atoms with Crippen LogP contribution in [-0.2, 0) is 4.74 Å². The Bertz CT molecular complexity index is 562. The summed E-state index contributed by atoms with van der Waals surface area (Å²) < 4.78 is 4.57. The summed E-state index contributed by atoms with van der Waals surface area (Å²) in [5.41, 5.74) is 0.551. The Hall–Kier alpha value is -2.79. The molecule has 0 bridgehead atoms. The molecule has 5 nitrogen and oxygen atoms in total. The van der Waals surface area contributed by atoms with E-state index in [1.807, 2.05) is 0 Å². The van der Waals surface area contributed by atoms with E-state index >= 15 is 0 Å². The second kappa shape index (κ2) is 5.34. The zero-order chi connectivity index (χ0) is 12.8. The molecule has 84 valence electrons. The number of carbonyl (C=O) groups is 1. The molecule has 5 heteroatoms. The molecule has 17 heavy (non-hydrogen) atoms. The van der Waals surface area contributed by atoms with Gasteiger partial charge in [0.25, 0.3) is 0 Å². The number of hydrogen-bond donors (Lipinski definition) is 1. The van der Waals surface area contributed by atoms with E-state index in [-0.39, 0.29) is 22.4 Å². The van der Waals surface area contributed by atoms with Crippen LogP contribution in [0.25, 0.3) is 10.7 Å². The monoisotopic (exact) mass is 229 g/mol. The fourth-order valence-electron chi connectivity index (χ4n) is 1.33. The van der Waals surface area contributed by atoms with E-state index < -0.39 is 5.97 Å². The molecule has 0 atom stereocenters. The van der Waals surface area contributed by atoms with E-state index in [0.717, 1.165) is 6.20 Å². The van der Waals surface area contributed by atoms with Crippen molar-refractivity contribution in [3.63, 3.8) is 0 Å². The van der Waals surface area contributed by atoms with E-state index in [2.05, 4.69) is 15.6 Å². The summed E-state index contributed by atoms with van der Waals surface area (Å²) >= 11 is 0. The zero-order valence-corrected chi connectivity index (χ0v) is 9.04. The quantitative estimate of drug-likeness (QED) is 0.365. The van der Waals surface area contributed by atoms with Crippen LogP contribution in [0.1, 0.15) is 21.5 Å². The number of hydrogen-bond acceptors (Lipinski definition) is 4. The summed E-state index contributed by atoms with van der Waals surface area (Å²) in [6, 6.07) is 4.51. The number of methoxy groups -OCH3 is 1. The van der Waals surface area contributed by atoms with Crippen molar-refractivity contribution in [2.75, 3.05) is 7.11 Å². The molecule has 0 aromatic heterocycles. The first-order chi connectivity index (χ1) is 8.15. The SMILES string of the molecule is C#Cc1c(C(=O)OC)cccc1/C(O)=C/[N+]#N. The second-order valence-corrected chi connectivity index (χ2v) is 2.99. The molecule has 1 N–H and O–H groups in total. The number of ether oxygens (including phenoxy) is 1. The first kappa shape index (κ1) is 12.3. The normalized spacial score (nSPS) is 10.2. The molecule has 0 radical (unpaired) electrons. The molecule has 0 saturated carbocycles. The van der Waals surface area contributed by atoms with Gasteiger partial charge in [-0.3, -0.25) is 0 Å². The molecule has 0 aliphatic carbocycles. The van der Waals surface area contributed by atoms with Crippen molar-refractivity contribution in [2.24, 2.45) is 0 Å². The Morgan fingerprint density at radius 2 is 2.24 bits per heavy atom. The molecule has 1 aromatic rings. The lowest BCUT2D eigenvalue weighted by molar-refractivity contribution is 0.0600. The largest absolute Gasteiger partial charge is 0.501 e. The average Bonchev–Trinajstić information content (AvgIpc) is 2.37. The number of aliphatic hydroxyl groups is 1. The molecule has 0 unspecified atom stereocenters. The maximum atomic E-state index is 11.4. The van der Waals surface area contributed by atoms with Gasteiger partial charge in [-0.2, -0.15) is 0 Å². The van der Waals surface area contributed by atoms with Crippen molar-refractivity contribution in [3.05, 3.63) is 46.1 Å². The van der Waals surface area contributed by atoms with E-state index in [1.165, 1.54) is 25.3 Å². The number of esters is 1. The van der Waals surface area contributed by atoms with Gasteiger partial charge in [0, 0.05) is 11.1 Å². The fraction of sp³-hybridized carbons (Fsp3) is 0.0833. The van der Waals surface area contributed by atoms with Crippen molar-refractivity contribution in [1.82, 2.24) is 0 Å². The lowest BCUT2D eigenvalue weighted by Crippen LogP contribution is -2.06. The molecule has 0 spiro atoms. The molecular formula is C12H9N2O3+. The van der Waals surface area contributed by atoms with Crippen molar-refractivity contribution in [1.29, 1.82) is 5.39 Å². The highest BCUT2D eigenvalue weighted by molar-refractivity contribution is 5.94. The molecule has 0 heterocycles. The van der Waals surface area contributed by atoms with Gasteiger partial charge in [-0.25, -0.2) is 4.79 Å². The van der Waals surface area contributed by atoms with Crippen LogP contribution in [0.2, 0.25) is 0 Å². The molecule has 1 rings (SSSR count). The number of nitrogens with zero attached hydrogens (tertiary/aromatic N) is 2. The average molecular weight is 229 g/mol. The second-order valence-electron chi connectivity index (χ2n) is 2.99. The zero-order valence-electron chi connectivity index (χ0n) is 9.04. The summed E-state index contributed by atoms with van der Waals surface area (Å²) in [5.74, 6) is 1.35. The smallest absolute Gasteiger partial charge is 0.392 e. The molecule has 1 aromatic carbocycles. The van der Waals surface area contributed by atoms with Gasteiger partial charge in [0.2, 0.25) is 11.2 Å². The lowest BCUT2D eigenvalue weighted by atomic mass is 10.0. The maximum Gasteiger partial charge on any atom is 0.392 e. The third kappa shape index (κ3) is 2.42. The van der Waals surface area contributed by atoms with Gasteiger partial charge in [-0.1, -0.05) is 12.0 Å². The van der Waals surface area contributed by atoms with Crippen LogP contribution in [0, 0.1) is 17.7 Å². The number of aliphatic hydroxyl groups excluding tert-OH is 1. The van der Waals surface area contributed by atoms with Gasteiger partial charge in [0.05, 0.1) is 12.7 Å².